The summed E-state index contributed by atoms with van der Waals surface area (Å²) in [6, 6.07) is 2.90. The predicted molar refractivity (Wildman–Crippen MR) is 89.3 cm³/mol. The van der Waals surface area contributed by atoms with Crippen molar-refractivity contribution in [3.63, 3.8) is 0 Å². The Bertz CT molecular complexity index is 1010. The molecule has 1 aliphatic heterocycles. The van der Waals surface area contributed by atoms with E-state index < -0.39 is 21.2 Å². The highest BCUT2D eigenvalue weighted by atomic mass is 32.2. The fourth-order valence-electron chi connectivity index (χ4n) is 3.20. The molecule has 2 heterocycles. The Balaban J connectivity index is 2.44. The van der Waals surface area contributed by atoms with E-state index in [-0.39, 0.29) is 34.2 Å². The number of carboxylic acids is 1. The number of nitrogens with zero attached hydrogens (tertiary/aromatic N) is 1. The quantitative estimate of drug-likeness (QED) is 0.847. The molecule has 7 nitrogen and oxygen atoms in total. The van der Waals surface area contributed by atoms with Gasteiger partial charge in [-0.05, 0) is 37.5 Å². The zero-order valence-corrected chi connectivity index (χ0v) is 14.0. The van der Waals surface area contributed by atoms with Gasteiger partial charge in [0.25, 0.3) is 0 Å². The van der Waals surface area contributed by atoms with Crippen LogP contribution < -0.4 is 11.2 Å². The number of carbonyl (C=O) groups is 1. The first-order chi connectivity index (χ1) is 11.3. The molecule has 0 saturated heterocycles. The molecule has 0 fully saturated rings. The third-order valence-electron chi connectivity index (χ3n) is 4.46. The van der Waals surface area contributed by atoms with Crippen LogP contribution in [-0.2, 0) is 16.3 Å². The molecule has 1 aromatic carbocycles. The molecule has 0 spiro atoms. The maximum atomic E-state index is 12.5. The summed E-state index contributed by atoms with van der Waals surface area (Å²) in [5.74, 6) is -1.54. The van der Waals surface area contributed by atoms with E-state index >= 15 is 0 Å². The molecule has 3 N–H and O–H groups in total. The molecule has 0 amide bonds. The number of hydrogen-bond acceptors (Lipinski definition) is 5. The maximum Gasteiger partial charge on any atom is 0.341 e. The first-order valence-corrected chi connectivity index (χ1v) is 9.29. The lowest BCUT2D eigenvalue weighted by Crippen LogP contribution is -2.24. The number of aryl methyl sites for hydroxylation is 1. The van der Waals surface area contributed by atoms with Crippen molar-refractivity contribution in [2.24, 2.45) is 5.73 Å². The van der Waals surface area contributed by atoms with Gasteiger partial charge in [0.1, 0.15) is 5.56 Å². The predicted octanol–water partition coefficient (Wildman–Crippen LogP) is 0.939. The Kier molecular flexibility index (Phi) is 3.97. The zero-order chi connectivity index (χ0) is 17.6. The fraction of sp³-hybridized carbons (Fsp3) is 0.375. The molecule has 0 saturated carbocycles. The Morgan fingerprint density at radius 1 is 1.42 bits per heavy atom. The van der Waals surface area contributed by atoms with Gasteiger partial charge in [-0.3, -0.25) is 4.79 Å². The summed E-state index contributed by atoms with van der Waals surface area (Å²) in [5.41, 5.74) is 5.72. The van der Waals surface area contributed by atoms with Crippen molar-refractivity contribution in [1.82, 2.24) is 4.57 Å². The van der Waals surface area contributed by atoms with Crippen LogP contribution in [0, 0.1) is 0 Å². The molecule has 2 aromatic rings. The molecule has 3 rings (SSSR count). The van der Waals surface area contributed by atoms with Crippen molar-refractivity contribution in [3.8, 4) is 0 Å². The minimum Gasteiger partial charge on any atom is -0.477 e. The fourth-order valence-corrected chi connectivity index (χ4v) is 4.36. The van der Waals surface area contributed by atoms with Crippen LogP contribution in [0.15, 0.2) is 28.0 Å². The second kappa shape index (κ2) is 5.71. The van der Waals surface area contributed by atoms with Gasteiger partial charge < -0.3 is 15.4 Å². The van der Waals surface area contributed by atoms with Gasteiger partial charge in [0, 0.05) is 24.2 Å². The van der Waals surface area contributed by atoms with Crippen LogP contribution >= 0.6 is 0 Å². The number of pyridine rings is 1. The molecule has 1 atom stereocenters. The second-order valence-electron chi connectivity index (χ2n) is 6.06. The molecule has 0 aliphatic carbocycles. The smallest absolute Gasteiger partial charge is 0.341 e. The lowest BCUT2D eigenvalue weighted by atomic mass is 9.96. The largest absolute Gasteiger partial charge is 0.477 e. The average Bonchev–Trinajstić information content (AvgIpc) is 2.51. The monoisotopic (exact) mass is 350 g/mol. The Morgan fingerprint density at radius 2 is 2.12 bits per heavy atom. The molecule has 24 heavy (non-hydrogen) atoms. The Labute approximate surface area is 138 Å². The van der Waals surface area contributed by atoms with Gasteiger partial charge in [0.2, 0.25) is 5.43 Å². The summed E-state index contributed by atoms with van der Waals surface area (Å²) in [7, 11) is -3.61. The SMILES string of the molecule is CC1CCc2cc(S(=O)(=O)CCN)cc3c(=O)c(C(=O)O)cn1c23. The van der Waals surface area contributed by atoms with Gasteiger partial charge in [-0.1, -0.05) is 0 Å². The van der Waals surface area contributed by atoms with E-state index in [1.165, 1.54) is 12.3 Å². The number of nitrogens with two attached hydrogens (primary N) is 1. The van der Waals surface area contributed by atoms with Crippen LogP contribution in [0.2, 0.25) is 0 Å². The van der Waals surface area contributed by atoms with E-state index in [2.05, 4.69) is 0 Å². The summed E-state index contributed by atoms with van der Waals surface area (Å²) < 4.78 is 26.4. The number of carboxylic acid groups (broad SMARTS) is 1. The topological polar surface area (TPSA) is 119 Å². The van der Waals surface area contributed by atoms with Gasteiger partial charge in [-0.25, -0.2) is 13.2 Å². The summed E-state index contributed by atoms with van der Waals surface area (Å²) in [6.45, 7) is 1.92. The average molecular weight is 350 g/mol. The molecule has 8 heteroatoms. The highest BCUT2D eigenvalue weighted by molar-refractivity contribution is 7.91. The van der Waals surface area contributed by atoms with E-state index in [1.54, 1.807) is 10.6 Å². The standard InChI is InChI=1S/C16H18N2O5S/c1-9-2-3-10-6-11(24(22,23)5-4-17)7-12-14(10)18(9)8-13(15(12)19)16(20)21/h6-9H,2-5,17H2,1H3,(H,20,21). The molecule has 128 valence electrons. The maximum absolute atomic E-state index is 12.5. The van der Waals surface area contributed by atoms with Crippen molar-refractivity contribution >= 4 is 26.7 Å². The highest BCUT2D eigenvalue weighted by Gasteiger charge is 2.25. The molecule has 0 bridgehead atoms. The third kappa shape index (κ3) is 2.51. The number of hydrogen-bond donors (Lipinski definition) is 2. The first-order valence-electron chi connectivity index (χ1n) is 7.64. The number of aromatic carboxylic acids is 1. The van der Waals surface area contributed by atoms with Crippen LogP contribution in [-0.4, -0.2) is 36.4 Å². The van der Waals surface area contributed by atoms with Crippen LogP contribution in [0.3, 0.4) is 0 Å². The van der Waals surface area contributed by atoms with Gasteiger partial charge in [0.05, 0.1) is 16.2 Å². The van der Waals surface area contributed by atoms with Crippen molar-refractivity contribution in [3.05, 3.63) is 39.7 Å². The molecule has 1 aliphatic rings. The summed E-state index contributed by atoms with van der Waals surface area (Å²) >= 11 is 0. The molecular weight excluding hydrogens is 332 g/mol. The second-order valence-corrected chi connectivity index (χ2v) is 8.17. The van der Waals surface area contributed by atoms with E-state index in [1.807, 2.05) is 6.92 Å². The van der Waals surface area contributed by atoms with Crippen LogP contribution in [0.25, 0.3) is 10.9 Å². The number of aromatic nitrogens is 1. The third-order valence-corrected chi connectivity index (χ3v) is 6.19. The van der Waals surface area contributed by atoms with Crippen molar-refractivity contribution < 1.29 is 18.3 Å². The Hall–Kier alpha value is -2.19. The zero-order valence-electron chi connectivity index (χ0n) is 13.2. The summed E-state index contributed by atoms with van der Waals surface area (Å²) in [5, 5.41) is 9.42. The molecular formula is C16H18N2O5S. The number of rotatable bonds is 4. The molecule has 0 radical (unpaired) electrons. The Morgan fingerprint density at radius 3 is 2.75 bits per heavy atom. The first kappa shape index (κ1) is 16.7. The lowest BCUT2D eigenvalue weighted by molar-refractivity contribution is 0.0694. The number of sulfone groups is 1. The van der Waals surface area contributed by atoms with E-state index in [4.69, 9.17) is 5.73 Å². The van der Waals surface area contributed by atoms with Gasteiger partial charge in [0.15, 0.2) is 9.84 Å². The molecule has 1 unspecified atom stereocenters. The van der Waals surface area contributed by atoms with Crippen LogP contribution in [0.4, 0.5) is 0 Å². The lowest BCUT2D eigenvalue weighted by Gasteiger charge is -2.27. The van der Waals surface area contributed by atoms with Crippen molar-refractivity contribution in [2.45, 2.75) is 30.7 Å². The van der Waals surface area contributed by atoms with E-state index in [0.29, 0.717) is 11.9 Å². The van der Waals surface area contributed by atoms with E-state index in [0.717, 1.165) is 12.0 Å². The van der Waals surface area contributed by atoms with Crippen LogP contribution in [0.1, 0.15) is 35.3 Å². The summed E-state index contributed by atoms with van der Waals surface area (Å²) in [6.07, 6.45) is 2.73. The van der Waals surface area contributed by atoms with Crippen molar-refractivity contribution in [1.29, 1.82) is 0 Å². The van der Waals surface area contributed by atoms with Crippen molar-refractivity contribution in [2.75, 3.05) is 12.3 Å². The molecule has 1 aromatic heterocycles. The van der Waals surface area contributed by atoms with E-state index in [9.17, 15) is 23.1 Å². The van der Waals surface area contributed by atoms with Gasteiger partial charge in [-0.15, -0.1) is 0 Å². The number of benzene rings is 1. The van der Waals surface area contributed by atoms with Gasteiger partial charge >= 0.3 is 5.97 Å². The van der Waals surface area contributed by atoms with Gasteiger partial charge in [-0.2, -0.15) is 0 Å². The minimum atomic E-state index is -3.61. The summed E-state index contributed by atoms with van der Waals surface area (Å²) in [4.78, 5) is 23.9. The van der Waals surface area contributed by atoms with Crippen LogP contribution in [0.5, 0.6) is 0 Å². The minimum absolute atomic E-state index is 0.0217. The normalized spacial score (nSPS) is 17.2. The highest BCUT2D eigenvalue weighted by Crippen LogP contribution is 2.32.